The van der Waals surface area contributed by atoms with Gasteiger partial charge in [-0.15, -0.1) is 0 Å². The highest BCUT2D eigenvalue weighted by atomic mass is 28.3. The molecule has 1 heterocycles. The number of nitrogens with zero attached hydrogens (tertiary/aromatic N) is 1. The molecule has 0 bridgehead atoms. The second-order valence-corrected chi connectivity index (χ2v) is 13.5. The Labute approximate surface area is 153 Å². The minimum absolute atomic E-state index is 0.540. The first kappa shape index (κ1) is 17.9. The van der Waals surface area contributed by atoms with Crippen LogP contribution in [0.1, 0.15) is 32.3 Å². The van der Waals surface area contributed by atoms with Crippen LogP contribution in [0.15, 0.2) is 54.7 Å². The van der Waals surface area contributed by atoms with Crippen LogP contribution in [0.4, 0.5) is 0 Å². The average molecular weight is 348 g/mol. The van der Waals surface area contributed by atoms with Crippen molar-refractivity contribution in [2.45, 2.75) is 46.3 Å². The molecule has 0 aliphatic carbocycles. The van der Waals surface area contributed by atoms with Crippen molar-refractivity contribution in [3.05, 3.63) is 60.3 Å². The van der Waals surface area contributed by atoms with Crippen molar-refractivity contribution in [1.82, 2.24) is 4.98 Å². The molecule has 0 radical (unpaired) electrons. The number of pyridine rings is 1. The molecular weight excluding hydrogens is 318 g/mol. The third kappa shape index (κ3) is 3.54. The van der Waals surface area contributed by atoms with Crippen molar-refractivity contribution in [3.8, 4) is 11.3 Å². The molecular formula is C23H29NSi. The quantitative estimate of drug-likeness (QED) is 0.511. The Morgan fingerprint density at radius 1 is 0.880 bits per heavy atom. The van der Waals surface area contributed by atoms with Gasteiger partial charge in [0.25, 0.3) is 0 Å². The second-order valence-electron chi connectivity index (χ2n) is 8.47. The van der Waals surface area contributed by atoms with E-state index in [2.05, 4.69) is 95.1 Å². The van der Waals surface area contributed by atoms with Crippen LogP contribution >= 0.6 is 0 Å². The van der Waals surface area contributed by atoms with Gasteiger partial charge in [0.1, 0.15) is 0 Å². The van der Waals surface area contributed by atoms with Gasteiger partial charge in [0, 0.05) is 11.8 Å². The highest BCUT2D eigenvalue weighted by molar-refractivity contribution is 6.89. The molecule has 1 aromatic heterocycles. The summed E-state index contributed by atoms with van der Waals surface area (Å²) in [5.74, 6) is 1.16. The van der Waals surface area contributed by atoms with Crippen molar-refractivity contribution < 1.29 is 0 Å². The molecule has 0 aliphatic rings. The zero-order valence-electron chi connectivity index (χ0n) is 16.3. The maximum atomic E-state index is 4.90. The summed E-state index contributed by atoms with van der Waals surface area (Å²) >= 11 is 0. The average Bonchev–Trinajstić information content (AvgIpc) is 2.59. The summed E-state index contributed by atoms with van der Waals surface area (Å²) in [6.07, 6.45) is 2.16. The molecule has 0 amide bonds. The lowest BCUT2D eigenvalue weighted by atomic mass is 9.89. The van der Waals surface area contributed by atoms with E-state index in [0.29, 0.717) is 11.8 Å². The van der Waals surface area contributed by atoms with Crippen LogP contribution in [-0.2, 0) is 0 Å². The highest BCUT2D eigenvalue weighted by Crippen LogP contribution is 2.31. The van der Waals surface area contributed by atoms with E-state index in [-0.39, 0.29) is 0 Å². The maximum Gasteiger partial charge on any atom is 0.0799 e. The van der Waals surface area contributed by atoms with Gasteiger partial charge in [-0.1, -0.05) is 82.9 Å². The van der Waals surface area contributed by atoms with Crippen LogP contribution in [0.2, 0.25) is 19.6 Å². The SMILES string of the molecule is CC(C)C(C)c1cc(-c2cccc3ccccc23)ncc1[Si](C)(C)C. The Balaban J connectivity index is 2.22. The predicted molar refractivity (Wildman–Crippen MR) is 113 cm³/mol. The number of aromatic nitrogens is 1. The number of rotatable bonds is 4. The van der Waals surface area contributed by atoms with Crippen LogP contribution in [0.5, 0.6) is 0 Å². The van der Waals surface area contributed by atoms with Crippen LogP contribution in [0.25, 0.3) is 22.0 Å². The molecule has 3 rings (SSSR count). The molecule has 2 aromatic carbocycles. The number of benzene rings is 2. The van der Waals surface area contributed by atoms with E-state index in [1.165, 1.54) is 27.1 Å². The van der Waals surface area contributed by atoms with E-state index >= 15 is 0 Å². The molecule has 0 aliphatic heterocycles. The summed E-state index contributed by atoms with van der Waals surface area (Å²) in [6.45, 7) is 14.2. The monoisotopic (exact) mass is 347 g/mol. The molecule has 0 saturated carbocycles. The van der Waals surface area contributed by atoms with Gasteiger partial charge in [-0.25, -0.2) is 0 Å². The van der Waals surface area contributed by atoms with E-state index in [9.17, 15) is 0 Å². The lowest BCUT2D eigenvalue weighted by molar-refractivity contribution is 0.537. The van der Waals surface area contributed by atoms with Gasteiger partial charge < -0.3 is 0 Å². The largest absolute Gasteiger partial charge is 0.256 e. The fraction of sp³-hybridized carbons (Fsp3) is 0.348. The van der Waals surface area contributed by atoms with Gasteiger partial charge in [0.05, 0.1) is 13.8 Å². The topological polar surface area (TPSA) is 12.9 Å². The number of hydrogen-bond donors (Lipinski definition) is 0. The Bertz CT molecular complexity index is 885. The molecule has 1 unspecified atom stereocenters. The molecule has 3 aromatic rings. The van der Waals surface area contributed by atoms with Gasteiger partial charge >= 0.3 is 0 Å². The van der Waals surface area contributed by atoms with E-state index < -0.39 is 8.07 Å². The standard InChI is InChI=1S/C23H29NSi/c1-16(2)17(3)21-14-22(24-15-23(21)25(4,5)6)20-13-9-11-18-10-7-8-12-19(18)20/h7-17H,1-6H3. The van der Waals surface area contributed by atoms with E-state index in [4.69, 9.17) is 4.98 Å². The summed E-state index contributed by atoms with van der Waals surface area (Å²) < 4.78 is 0. The van der Waals surface area contributed by atoms with E-state index in [0.717, 1.165) is 5.69 Å². The van der Waals surface area contributed by atoms with Crippen LogP contribution in [-0.4, -0.2) is 13.1 Å². The van der Waals surface area contributed by atoms with Gasteiger partial charge in [-0.2, -0.15) is 0 Å². The van der Waals surface area contributed by atoms with Gasteiger partial charge in [0.15, 0.2) is 0 Å². The first-order valence-corrected chi connectivity index (χ1v) is 12.8. The Hall–Kier alpha value is -1.93. The van der Waals surface area contributed by atoms with Crippen LogP contribution < -0.4 is 5.19 Å². The molecule has 0 saturated heterocycles. The van der Waals surface area contributed by atoms with Crippen molar-refractivity contribution in [2.24, 2.45) is 5.92 Å². The predicted octanol–water partition coefficient (Wildman–Crippen LogP) is 6.21. The van der Waals surface area contributed by atoms with Crippen molar-refractivity contribution >= 4 is 24.0 Å². The Morgan fingerprint density at radius 2 is 1.56 bits per heavy atom. The number of hydrogen-bond acceptors (Lipinski definition) is 1. The normalized spacial score (nSPS) is 13.4. The highest BCUT2D eigenvalue weighted by Gasteiger charge is 2.25. The van der Waals surface area contributed by atoms with Crippen LogP contribution in [0, 0.1) is 5.92 Å². The summed E-state index contributed by atoms with van der Waals surface area (Å²) in [6, 6.07) is 17.4. The van der Waals surface area contributed by atoms with Gasteiger partial charge in [-0.3, -0.25) is 4.98 Å². The third-order valence-electron chi connectivity index (χ3n) is 5.30. The zero-order chi connectivity index (χ0) is 18.2. The van der Waals surface area contributed by atoms with Crippen molar-refractivity contribution in [3.63, 3.8) is 0 Å². The summed E-state index contributed by atoms with van der Waals surface area (Å²) in [5.41, 5.74) is 3.82. The smallest absolute Gasteiger partial charge is 0.0799 e. The zero-order valence-corrected chi connectivity index (χ0v) is 17.3. The molecule has 1 atom stereocenters. The molecule has 25 heavy (non-hydrogen) atoms. The summed E-state index contributed by atoms with van der Waals surface area (Å²) in [7, 11) is -1.43. The summed E-state index contributed by atoms with van der Waals surface area (Å²) in [4.78, 5) is 4.90. The molecule has 2 heteroatoms. The first-order valence-electron chi connectivity index (χ1n) is 9.27. The third-order valence-corrected chi connectivity index (χ3v) is 7.33. The molecule has 1 nitrogen and oxygen atoms in total. The first-order chi connectivity index (χ1) is 11.8. The maximum absolute atomic E-state index is 4.90. The molecule has 0 spiro atoms. The van der Waals surface area contributed by atoms with Gasteiger partial charge in [-0.05, 0) is 39.4 Å². The lowest BCUT2D eigenvalue weighted by Crippen LogP contribution is -2.41. The Morgan fingerprint density at radius 3 is 2.24 bits per heavy atom. The molecule has 0 fully saturated rings. The molecule has 0 N–H and O–H groups in total. The second kappa shape index (κ2) is 6.76. The lowest BCUT2D eigenvalue weighted by Gasteiger charge is -2.27. The minimum Gasteiger partial charge on any atom is -0.256 e. The van der Waals surface area contributed by atoms with E-state index in [1.807, 2.05) is 0 Å². The number of fused-ring (bicyclic) bond motifs is 1. The van der Waals surface area contributed by atoms with Crippen molar-refractivity contribution in [1.29, 1.82) is 0 Å². The molecule has 130 valence electrons. The van der Waals surface area contributed by atoms with Crippen molar-refractivity contribution in [2.75, 3.05) is 0 Å². The minimum atomic E-state index is -1.43. The van der Waals surface area contributed by atoms with Gasteiger partial charge in [0.2, 0.25) is 0 Å². The fourth-order valence-corrected chi connectivity index (χ4v) is 5.05. The van der Waals surface area contributed by atoms with E-state index in [1.54, 1.807) is 0 Å². The summed E-state index contributed by atoms with van der Waals surface area (Å²) in [5, 5.41) is 4.05. The Kier molecular flexibility index (Phi) is 4.83. The fourth-order valence-electron chi connectivity index (χ4n) is 3.43. The van der Waals surface area contributed by atoms with Crippen LogP contribution in [0.3, 0.4) is 0 Å².